The van der Waals surface area contributed by atoms with Crippen LogP contribution >= 0.6 is 11.8 Å². The second kappa shape index (κ2) is 5.93. The zero-order valence-electron chi connectivity index (χ0n) is 9.12. The lowest BCUT2D eigenvalue weighted by atomic mass is 10.0. The molecule has 15 heavy (non-hydrogen) atoms. The average Bonchev–Trinajstić information content (AvgIpc) is 2.22. The van der Waals surface area contributed by atoms with Crippen molar-refractivity contribution in [2.45, 2.75) is 13.8 Å². The quantitative estimate of drug-likeness (QED) is 0.615. The van der Waals surface area contributed by atoms with Gasteiger partial charge < -0.3 is 5.11 Å². The molecule has 0 bridgehead atoms. The smallest absolute Gasteiger partial charge is 0.172 e. The minimum Gasteiger partial charge on any atom is -0.396 e. The van der Waals surface area contributed by atoms with Gasteiger partial charge >= 0.3 is 0 Å². The summed E-state index contributed by atoms with van der Waals surface area (Å²) in [6.07, 6.45) is 0. The van der Waals surface area contributed by atoms with Crippen LogP contribution < -0.4 is 0 Å². The van der Waals surface area contributed by atoms with Gasteiger partial charge in [0, 0.05) is 11.3 Å². The molecule has 0 heterocycles. The maximum absolute atomic E-state index is 11.7. The number of carbonyl (C=O) groups is 1. The molecular formula is C12H16O2S. The Kier molecular flexibility index (Phi) is 4.85. The van der Waals surface area contributed by atoms with Crippen LogP contribution in [0, 0.1) is 13.8 Å². The van der Waals surface area contributed by atoms with E-state index in [1.807, 2.05) is 32.0 Å². The zero-order chi connectivity index (χ0) is 11.3. The van der Waals surface area contributed by atoms with Crippen molar-refractivity contribution in [3.8, 4) is 0 Å². The third-order valence-electron chi connectivity index (χ3n) is 2.30. The number of aliphatic hydroxyl groups is 1. The molecular weight excluding hydrogens is 208 g/mol. The van der Waals surface area contributed by atoms with Crippen molar-refractivity contribution in [1.29, 1.82) is 0 Å². The topological polar surface area (TPSA) is 37.3 Å². The summed E-state index contributed by atoms with van der Waals surface area (Å²) in [4.78, 5) is 11.7. The van der Waals surface area contributed by atoms with Crippen LogP contribution in [0.3, 0.4) is 0 Å². The van der Waals surface area contributed by atoms with Gasteiger partial charge in [-0.2, -0.15) is 11.8 Å². The van der Waals surface area contributed by atoms with Crippen molar-refractivity contribution in [1.82, 2.24) is 0 Å². The minimum absolute atomic E-state index is 0.130. The van der Waals surface area contributed by atoms with E-state index in [1.165, 1.54) is 17.3 Å². The van der Waals surface area contributed by atoms with E-state index in [4.69, 9.17) is 5.11 Å². The Hall–Kier alpha value is -0.800. The molecule has 0 fully saturated rings. The van der Waals surface area contributed by atoms with Crippen LogP contribution in [0.5, 0.6) is 0 Å². The Labute approximate surface area is 94.7 Å². The van der Waals surface area contributed by atoms with Crippen molar-refractivity contribution < 1.29 is 9.90 Å². The second-order valence-electron chi connectivity index (χ2n) is 3.50. The highest BCUT2D eigenvalue weighted by Gasteiger charge is 2.06. The summed E-state index contributed by atoms with van der Waals surface area (Å²) in [6.45, 7) is 4.17. The lowest BCUT2D eigenvalue weighted by Gasteiger charge is -2.04. The number of ketones is 1. The molecule has 0 aliphatic carbocycles. The average molecular weight is 224 g/mol. The van der Waals surface area contributed by atoms with Crippen LogP contribution in [-0.4, -0.2) is 29.0 Å². The molecule has 0 aliphatic heterocycles. The van der Waals surface area contributed by atoms with Gasteiger partial charge in [-0.1, -0.05) is 12.1 Å². The SMILES string of the molecule is Cc1ccc(C(=O)CSCCO)cc1C. The highest BCUT2D eigenvalue weighted by molar-refractivity contribution is 8.00. The number of aliphatic hydroxyl groups excluding tert-OH is 1. The number of Topliss-reactive ketones (excluding diaryl/α,β-unsaturated/α-hetero) is 1. The van der Waals surface area contributed by atoms with E-state index >= 15 is 0 Å². The Morgan fingerprint density at radius 1 is 1.33 bits per heavy atom. The lowest BCUT2D eigenvalue weighted by molar-refractivity contribution is 0.102. The molecule has 0 aliphatic rings. The first kappa shape index (κ1) is 12.3. The van der Waals surface area contributed by atoms with Crippen molar-refractivity contribution in [2.24, 2.45) is 0 Å². The summed E-state index contributed by atoms with van der Waals surface area (Å²) in [5.74, 6) is 1.20. The van der Waals surface area contributed by atoms with Gasteiger partial charge in [0.15, 0.2) is 5.78 Å². The van der Waals surface area contributed by atoms with Crippen LogP contribution in [0.25, 0.3) is 0 Å². The van der Waals surface area contributed by atoms with Crippen LogP contribution in [-0.2, 0) is 0 Å². The monoisotopic (exact) mass is 224 g/mol. The van der Waals surface area contributed by atoms with E-state index in [2.05, 4.69) is 0 Å². The summed E-state index contributed by atoms with van der Waals surface area (Å²) in [5.41, 5.74) is 3.12. The normalized spacial score (nSPS) is 10.3. The number of hydrogen-bond donors (Lipinski definition) is 1. The van der Waals surface area contributed by atoms with E-state index in [0.717, 1.165) is 11.1 Å². The second-order valence-corrected chi connectivity index (χ2v) is 4.60. The number of thioether (sulfide) groups is 1. The summed E-state index contributed by atoms with van der Waals surface area (Å²) in [6, 6.07) is 5.76. The first-order chi connectivity index (χ1) is 7.15. The first-order valence-electron chi connectivity index (χ1n) is 4.94. The van der Waals surface area contributed by atoms with Crippen molar-refractivity contribution in [3.05, 3.63) is 34.9 Å². The summed E-state index contributed by atoms with van der Waals surface area (Å²) >= 11 is 1.47. The van der Waals surface area contributed by atoms with Gasteiger partial charge in [0.05, 0.1) is 12.4 Å². The third kappa shape index (κ3) is 3.68. The molecule has 1 N–H and O–H groups in total. The van der Waals surface area contributed by atoms with Gasteiger partial charge in [0.1, 0.15) is 0 Å². The van der Waals surface area contributed by atoms with E-state index in [0.29, 0.717) is 11.5 Å². The van der Waals surface area contributed by atoms with Gasteiger partial charge in [-0.15, -0.1) is 0 Å². The van der Waals surface area contributed by atoms with Crippen LogP contribution in [0.15, 0.2) is 18.2 Å². The fourth-order valence-corrected chi connectivity index (χ4v) is 1.85. The maximum Gasteiger partial charge on any atom is 0.172 e. The number of hydrogen-bond acceptors (Lipinski definition) is 3. The molecule has 0 spiro atoms. The fraction of sp³-hybridized carbons (Fsp3) is 0.417. The molecule has 1 aromatic carbocycles. The molecule has 0 unspecified atom stereocenters. The molecule has 82 valence electrons. The third-order valence-corrected chi connectivity index (χ3v) is 3.24. The van der Waals surface area contributed by atoms with Gasteiger partial charge in [-0.25, -0.2) is 0 Å². The Balaban J connectivity index is 2.62. The number of benzene rings is 1. The zero-order valence-corrected chi connectivity index (χ0v) is 9.93. The number of carbonyl (C=O) groups excluding carboxylic acids is 1. The molecule has 1 aromatic rings. The van der Waals surface area contributed by atoms with E-state index in [9.17, 15) is 4.79 Å². The predicted molar refractivity (Wildman–Crippen MR) is 64.7 cm³/mol. The predicted octanol–water partition coefficient (Wildman–Crippen LogP) is 2.21. The molecule has 1 rings (SSSR count). The van der Waals surface area contributed by atoms with Gasteiger partial charge in [-0.3, -0.25) is 4.79 Å². The molecule has 0 saturated carbocycles. The largest absolute Gasteiger partial charge is 0.396 e. The van der Waals surface area contributed by atoms with Gasteiger partial charge in [0.2, 0.25) is 0 Å². The molecule has 0 aromatic heterocycles. The van der Waals surface area contributed by atoms with Crippen molar-refractivity contribution in [2.75, 3.05) is 18.1 Å². The highest BCUT2D eigenvalue weighted by Crippen LogP contribution is 2.12. The van der Waals surface area contributed by atoms with E-state index in [1.54, 1.807) is 0 Å². The number of aryl methyl sites for hydroxylation is 2. The van der Waals surface area contributed by atoms with Crippen molar-refractivity contribution >= 4 is 17.5 Å². The molecule has 0 saturated heterocycles. The summed E-state index contributed by atoms with van der Waals surface area (Å²) in [5, 5.41) is 8.60. The summed E-state index contributed by atoms with van der Waals surface area (Å²) < 4.78 is 0. The van der Waals surface area contributed by atoms with Gasteiger partial charge in [0.25, 0.3) is 0 Å². The molecule has 2 nitrogen and oxygen atoms in total. The first-order valence-corrected chi connectivity index (χ1v) is 6.09. The van der Waals surface area contributed by atoms with E-state index in [-0.39, 0.29) is 12.4 Å². The Morgan fingerprint density at radius 2 is 2.07 bits per heavy atom. The van der Waals surface area contributed by atoms with E-state index < -0.39 is 0 Å². The lowest BCUT2D eigenvalue weighted by Crippen LogP contribution is -2.04. The summed E-state index contributed by atoms with van der Waals surface area (Å²) in [7, 11) is 0. The number of rotatable bonds is 5. The maximum atomic E-state index is 11.7. The minimum atomic E-state index is 0.130. The molecule has 3 heteroatoms. The Bertz CT molecular complexity index is 347. The standard InChI is InChI=1S/C12H16O2S/c1-9-3-4-11(7-10(9)2)12(14)8-15-6-5-13/h3-4,7,13H,5-6,8H2,1-2H3. The molecule has 0 atom stereocenters. The van der Waals surface area contributed by atoms with Crippen LogP contribution in [0.1, 0.15) is 21.5 Å². The Morgan fingerprint density at radius 3 is 2.67 bits per heavy atom. The van der Waals surface area contributed by atoms with Crippen molar-refractivity contribution in [3.63, 3.8) is 0 Å². The fourth-order valence-electron chi connectivity index (χ4n) is 1.23. The molecule has 0 amide bonds. The van der Waals surface area contributed by atoms with Crippen LogP contribution in [0.4, 0.5) is 0 Å². The highest BCUT2D eigenvalue weighted by atomic mass is 32.2. The van der Waals surface area contributed by atoms with Gasteiger partial charge in [-0.05, 0) is 31.0 Å². The van der Waals surface area contributed by atoms with Crippen LogP contribution in [0.2, 0.25) is 0 Å². The molecule has 0 radical (unpaired) electrons.